The lowest BCUT2D eigenvalue weighted by atomic mass is 9.85. The first-order valence-corrected chi connectivity index (χ1v) is 15.8. The van der Waals surface area contributed by atoms with Crippen LogP contribution in [-0.2, 0) is 0 Å². The Hall–Kier alpha value is -6.12. The zero-order chi connectivity index (χ0) is 30.2. The quantitative estimate of drug-likeness (QED) is 0.189. The maximum Gasteiger partial charge on any atom is 0.161 e. The molecule has 0 N–H and O–H groups in total. The predicted octanol–water partition coefficient (Wildman–Crippen LogP) is 12.3. The first-order chi connectivity index (χ1) is 22.8. The fraction of sp³-hybridized carbons (Fsp3) is 0. The van der Waals surface area contributed by atoms with Crippen molar-refractivity contribution in [2.45, 2.75) is 0 Å². The smallest absolute Gasteiger partial charge is 0.161 e. The number of fused-ring (bicyclic) bond motifs is 8. The van der Waals surface area contributed by atoms with E-state index in [2.05, 4.69) is 162 Å². The van der Waals surface area contributed by atoms with Crippen LogP contribution in [-0.4, -0.2) is 4.57 Å². The third-order valence-electron chi connectivity index (χ3n) is 9.55. The Labute approximate surface area is 265 Å². The molecule has 2 nitrogen and oxygen atoms in total. The molecule has 0 amide bonds. The van der Waals surface area contributed by atoms with E-state index in [1.165, 1.54) is 54.6 Å². The third-order valence-corrected chi connectivity index (χ3v) is 9.55. The molecule has 0 atom stereocenters. The fourth-order valence-corrected chi connectivity index (χ4v) is 7.57. The van der Waals surface area contributed by atoms with Crippen molar-refractivity contribution in [1.82, 2.24) is 4.57 Å². The molecule has 46 heavy (non-hydrogen) atoms. The van der Waals surface area contributed by atoms with Crippen molar-refractivity contribution in [2.75, 3.05) is 0 Å². The molecule has 8 aromatic carbocycles. The van der Waals surface area contributed by atoms with E-state index in [9.17, 15) is 0 Å². The van der Waals surface area contributed by atoms with Crippen molar-refractivity contribution < 1.29 is 4.42 Å². The molecular formula is C44H27NO. The van der Waals surface area contributed by atoms with Gasteiger partial charge in [-0.25, -0.2) is 0 Å². The molecular weight excluding hydrogens is 558 g/mol. The third kappa shape index (κ3) is 3.59. The van der Waals surface area contributed by atoms with E-state index in [-0.39, 0.29) is 0 Å². The average molecular weight is 586 g/mol. The monoisotopic (exact) mass is 585 g/mol. The molecule has 0 saturated heterocycles. The Bertz CT molecular complexity index is 2740. The summed E-state index contributed by atoms with van der Waals surface area (Å²) in [4.78, 5) is 0. The van der Waals surface area contributed by atoms with Gasteiger partial charge >= 0.3 is 0 Å². The molecule has 0 aliphatic rings. The van der Waals surface area contributed by atoms with Crippen LogP contribution in [0.1, 0.15) is 0 Å². The maximum atomic E-state index is 6.62. The van der Waals surface area contributed by atoms with Gasteiger partial charge in [0.05, 0.1) is 5.52 Å². The molecule has 0 unspecified atom stereocenters. The van der Waals surface area contributed by atoms with Gasteiger partial charge < -0.3 is 8.98 Å². The molecule has 214 valence electrons. The van der Waals surface area contributed by atoms with Gasteiger partial charge in [-0.1, -0.05) is 121 Å². The van der Waals surface area contributed by atoms with Crippen LogP contribution in [0.2, 0.25) is 0 Å². The largest absolute Gasteiger partial charge is 0.454 e. The van der Waals surface area contributed by atoms with Gasteiger partial charge in [0.25, 0.3) is 0 Å². The van der Waals surface area contributed by atoms with Crippen molar-refractivity contribution in [2.24, 2.45) is 0 Å². The molecule has 2 aromatic heterocycles. The van der Waals surface area contributed by atoms with Crippen LogP contribution in [0.15, 0.2) is 168 Å². The van der Waals surface area contributed by atoms with Gasteiger partial charge in [0.1, 0.15) is 11.1 Å². The van der Waals surface area contributed by atoms with Crippen LogP contribution in [0, 0.1) is 0 Å². The summed E-state index contributed by atoms with van der Waals surface area (Å²) in [6.45, 7) is 0. The Balaban J connectivity index is 1.30. The molecule has 0 aliphatic heterocycles. The standard InChI is InChI=1S/C44H27NO/c1-2-14-32(15-3-1)45-39-25-24-31(27-38(39)44-43(45)37-20-10-11-21-40(37)46-44)42-35-18-8-6-16-33(35)41(34-17-7-9-19-36(34)42)30-23-22-28-12-4-5-13-29(28)26-30/h1-27H. The van der Waals surface area contributed by atoms with Crippen LogP contribution >= 0.6 is 0 Å². The summed E-state index contributed by atoms with van der Waals surface area (Å²) in [5.41, 5.74) is 10.1. The molecule has 0 radical (unpaired) electrons. The number of furan rings is 1. The zero-order valence-electron chi connectivity index (χ0n) is 24.9. The number of benzene rings is 8. The summed E-state index contributed by atoms with van der Waals surface area (Å²) in [7, 11) is 0. The highest BCUT2D eigenvalue weighted by molar-refractivity contribution is 6.23. The lowest BCUT2D eigenvalue weighted by Crippen LogP contribution is -1.93. The summed E-state index contributed by atoms with van der Waals surface area (Å²) < 4.78 is 8.97. The van der Waals surface area contributed by atoms with E-state index in [4.69, 9.17) is 4.42 Å². The molecule has 10 aromatic rings. The van der Waals surface area contributed by atoms with Crippen molar-refractivity contribution in [3.63, 3.8) is 0 Å². The molecule has 0 saturated carbocycles. The number of hydrogen-bond donors (Lipinski definition) is 0. The summed E-state index contributed by atoms with van der Waals surface area (Å²) in [6, 6.07) is 59.0. The normalized spacial score (nSPS) is 11.9. The second-order valence-corrected chi connectivity index (χ2v) is 12.1. The number of hydrogen-bond acceptors (Lipinski definition) is 1. The van der Waals surface area contributed by atoms with Gasteiger partial charge in [-0.3, -0.25) is 0 Å². The van der Waals surface area contributed by atoms with Gasteiger partial charge in [-0.15, -0.1) is 0 Å². The van der Waals surface area contributed by atoms with Crippen LogP contribution < -0.4 is 0 Å². The average Bonchev–Trinajstić information content (AvgIpc) is 3.65. The number of aromatic nitrogens is 1. The van der Waals surface area contributed by atoms with E-state index >= 15 is 0 Å². The first-order valence-electron chi connectivity index (χ1n) is 15.8. The molecule has 0 bridgehead atoms. The van der Waals surface area contributed by atoms with Gasteiger partial charge in [0.2, 0.25) is 0 Å². The number of para-hydroxylation sites is 2. The van der Waals surface area contributed by atoms with Gasteiger partial charge in [0, 0.05) is 16.5 Å². The van der Waals surface area contributed by atoms with Crippen LogP contribution in [0.5, 0.6) is 0 Å². The minimum atomic E-state index is 0.903. The molecule has 2 heterocycles. The zero-order valence-corrected chi connectivity index (χ0v) is 24.9. The lowest BCUT2D eigenvalue weighted by molar-refractivity contribution is 0.673. The van der Waals surface area contributed by atoms with Crippen molar-refractivity contribution in [1.29, 1.82) is 0 Å². The van der Waals surface area contributed by atoms with E-state index in [0.29, 0.717) is 0 Å². The molecule has 0 spiro atoms. The van der Waals surface area contributed by atoms with Crippen molar-refractivity contribution in [3.05, 3.63) is 164 Å². The summed E-state index contributed by atoms with van der Waals surface area (Å²) >= 11 is 0. The van der Waals surface area contributed by atoms with Gasteiger partial charge in [-0.05, 0) is 97.0 Å². The topological polar surface area (TPSA) is 18.1 Å². The summed E-state index contributed by atoms with van der Waals surface area (Å²) in [5, 5.41) is 9.72. The Morgan fingerprint density at radius 3 is 1.63 bits per heavy atom. The van der Waals surface area contributed by atoms with Crippen LogP contribution in [0.25, 0.3) is 93.2 Å². The Morgan fingerprint density at radius 2 is 0.935 bits per heavy atom. The highest BCUT2D eigenvalue weighted by atomic mass is 16.3. The van der Waals surface area contributed by atoms with Crippen LogP contribution in [0.4, 0.5) is 0 Å². The molecule has 10 rings (SSSR count). The van der Waals surface area contributed by atoms with E-state index < -0.39 is 0 Å². The maximum absolute atomic E-state index is 6.62. The Kier molecular flexibility index (Phi) is 5.31. The SMILES string of the molecule is c1ccc(-n2c3ccc(-c4c5ccccc5c(-c5ccc6ccccc6c5)c5ccccc45)cc3c3oc4ccccc4c32)cc1. The fourth-order valence-electron chi connectivity index (χ4n) is 7.57. The second kappa shape index (κ2) is 9.69. The van der Waals surface area contributed by atoms with E-state index in [0.717, 1.165) is 38.7 Å². The number of rotatable bonds is 3. The highest BCUT2D eigenvalue weighted by Crippen LogP contribution is 2.46. The minimum absolute atomic E-state index is 0.903. The molecule has 2 heteroatoms. The molecule has 0 fully saturated rings. The van der Waals surface area contributed by atoms with Gasteiger partial charge in [0.15, 0.2) is 5.58 Å². The minimum Gasteiger partial charge on any atom is -0.454 e. The summed E-state index contributed by atoms with van der Waals surface area (Å²) in [5.74, 6) is 0. The number of nitrogens with zero attached hydrogens (tertiary/aromatic N) is 1. The highest BCUT2D eigenvalue weighted by Gasteiger charge is 2.22. The predicted molar refractivity (Wildman–Crippen MR) is 194 cm³/mol. The van der Waals surface area contributed by atoms with Crippen LogP contribution in [0.3, 0.4) is 0 Å². The lowest BCUT2D eigenvalue weighted by Gasteiger charge is -2.18. The van der Waals surface area contributed by atoms with E-state index in [1.807, 2.05) is 6.07 Å². The van der Waals surface area contributed by atoms with Crippen molar-refractivity contribution >= 4 is 65.3 Å². The van der Waals surface area contributed by atoms with Crippen molar-refractivity contribution in [3.8, 4) is 27.9 Å². The molecule has 0 aliphatic carbocycles. The first kappa shape index (κ1) is 25.2. The van der Waals surface area contributed by atoms with E-state index in [1.54, 1.807) is 0 Å². The second-order valence-electron chi connectivity index (χ2n) is 12.1. The van der Waals surface area contributed by atoms with Gasteiger partial charge in [-0.2, -0.15) is 0 Å². The summed E-state index contributed by atoms with van der Waals surface area (Å²) in [6.07, 6.45) is 0. The Morgan fingerprint density at radius 1 is 0.391 bits per heavy atom.